The number of aliphatic carboxylic acids is 2. The zero-order chi connectivity index (χ0) is 31.1. The molecule has 12 nitrogen and oxygen atoms in total. The number of aliphatic imine (C=N–C) groups is 1. The quantitative estimate of drug-likeness (QED) is 0.212. The molecule has 1 heterocycles. The predicted octanol–water partition coefficient (Wildman–Crippen LogP) is 1.94. The third-order valence-electron chi connectivity index (χ3n) is 5.59. The fraction of sp³-hybridized carbons (Fsp3) is 0.333. The summed E-state index contributed by atoms with van der Waals surface area (Å²) in [6.07, 6.45) is -4.55. The van der Waals surface area contributed by atoms with Crippen LogP contribution in [-0.4, -0.2) is 72.3 Å². The number of nitrogens with one attached hydrogen (secondary N) is 4. The van der Waals surface area contributed by atoms with Crippen LogP contribution in [0.1, 0.15) is 36.4 Å². The number of hydrogen-bond donors (Lipinski definition) is 6. The molecule has 0 fully saturated rings. The predicted molar refractivity (Wildman–Crippen MR) is 144 cm³/mol. The Kier molecular flexibility index (Phi) is 12.8. The molecule has 2 aromatic carbocycles. The number of alkyl halides is 3. The highest BCUT2D eigenvalue weighted by molar-refractivity contribution is 5.85. The molecule has 0 aliphatic carbocycles. The molecule has 0 radical (unpaired) electrons. The molecule has 42 heavy (non-hydrogen) atoms. The molecule has 15 heteroatoms. The van der Waals surface area contributed by atoms with Crippen molar-refractivity contribution in [3.05, 3.63) is 59.7 Å². The van der Waals surface area contributed by atoms with Crippen LogP contribution in [0, 0.1) is 11.3 Å². The van der Waals surface area contributed by atoms with Crippen LogP contribution in [-0.2, 0) is 19.2 Å². The molecule has 1 atom stereocenters. The Morgan fingerprint density at radius 2 is 1.74 bits per heavy atom. The van der Waals surface area contributed by atoms with Gasteiger partial charge in [-0.05, 0) is 35.2 Å². The van der Waals surface area contributed by atoms with Crippen molar-refractivity contribution in [1.29, 1.82) is 5.26 Å². The normalized spacial score (nSPS) is 12.8. The number of halogens is 3. The zero-order valence-corrected chi connectivity index (χ0v) is 22.2. The third-order valence-corrected chi connectivity index (χ3v) is 5.59. The van der Waals surface area contributed by atoms with E-state index >= 15 is 0 Å². The third kappa shape index (κ3) is 11.9. The summed E-state index contributed by atoms with van der Waals surface area (Å²) >= 11 is 0. The van der Waals surface area contributed by atoms with Crippen LogP contribution in [0.2, 0.25) is 0 Å². The molecule has 1 aliphatic rings. The van der Waals surface area contributed by atoms with Crippen molar-refractivity contribution in [1.82, 2.24) is 21.3 Å². The Morgan fingerprint density at radius 1 is 1.05 bits per heavy atom. The number of carboxylic acid groups (broad SMARTS) is 2. The minimum absolute atomic E-state index is 0.240. The van der Waals surface area contributed by atoms with Crippen LogP contribution in [0.3, 0.4) is 0 Å². The molecule has 0 saturated carbocycles. The van der Waals surface area contributed by atoms with Crippen LogP contribution in [0.15, 0.2) is 53.5 Å². The van der Waals surface area contributed by atoms with Gasteiger partial charge in [0.2, 0.25) is 11.8 Å². The van der Waals surface area contributed by atoms with E-state index < -0.39 is 30.1 Å². The first-order chi connectivity index (χ1) is 19.9. The van der Waals surface area contributed by atoms with Crippen LogP contribution in [0.4, 0.5) is 13.2 Å². The number of nitrogens with zero attached hydrogens (tertiary/aromatic N) is 2. The zero-order valence-electron chi connectivity index (χ0n) is 22.2. The summed E-state index contributed by atoms with van der Waals surface area (Å²) in [5.74, 6) is -3.82. The van der Waals surface area contributed by atoms with Gasteiger partial charge in [0.15, 0.2) is 5.96 Å². The maximum Gasteiger partial charge on any atom is 0.490 e. The van der Waals surface area contributed by atoms with E-state index in [0.717, 1.165) is 30.2 Å². The number of hydrogen-bond acceptors (Lipinski definition) is 8. The molecule has 0 saturated heterocycles. The first-order valence-electron chi connectivity index (χ1n) is 12.6. The van der Waals surface area contributed by atoms with Crippen LogP contribution in [0.5, 0.6) is 0 Å². The van der Waals surface area contributed by atoms with Gasteiger partial charge < -0.3 is 31.5 Å². The number of carbonyl (C=O) groups is 4. The number of amides is 2. The van der Waals surface area contributed by atoms with E-state index in [4.69, 9.17) is 15.2 Å². The Bertz CT molecular complexity index is 1320. The highest BCUT2D eigenvalue weighted by Crippen LogP contribution is 2.24. The summed E-state index contributed by atoms with van der Waals surface area (Å²) in [5, 5.41) is 36.9. The lowest BCUT2D eigenvalue weighted by Crippen LogP contribution is -2.39. The molecule has 6 N–H and O–H groups in total. The average molecular weight is 591 g/mol. The Balaban J connectivity index is 0.000000782. The lowest BCUT2D eigenvalue weighted by atomic mass is 9.98. The standard InChI is InChI=1S/C25H28N6O4.C2HF3O2/c26-15-17-3-1-4-20(13-17)18-6-8-19(9-7-18)21(14-24(34)35)31-23(33)16-30-22(32)5-2-10-27-25-28-11-12-29-25;3-2(4,5)1(6)7/h1,3-4,6-9,13,21H,2,5,10-12,14,16H2,(H,30,32)(H,31,33)(H,34,35)(H2,27,28,29);(H,6,7). The van der Waals surface area contributed by atoms with Crippen molar-refractivity contribution in [2.75, 3.05) is 26.2 Å². The molecule has 2 amide bonds. The van der Waals surface area contributed by atoms with Crippen LogP contribution < -0.4 is 21.3 Å². The van der Waals surface area contributed by atoms with Crippen molar-refractivity contribution < 1.29 is 42.6 Å². The van der Waals surface area contributed by atoms with E-state index in [2.05, 4.69) is 32.3 Å². The number of benzene rings is 2. The van der Waals surface area contributed by atoms with Crippen molar-refractivity contribution in [3.63, 3.8) is 0 Å². The summed E-state index contributed by atoms with van der Waals surface area (Å²) in [6, 6.07) is 15.6. The fourth-order valence-corrected chi connectivity index (χ4v) is 3.59. The average Bonchev–Trinajstić information content (AvgIpc) is 3.47. The molecule has 3 rings (SSSR count). The molecule has 0 spiro atoms. The summed E-state index contributed by atoms with van der Waals surface area (Å²) in [7, 11) is 0. The summed E-state index contributed by atoms with van der Waals surface area (Å²) < 4.78 is 31.7. The second-order valence-corrected chi connectivity index (χ2v) is 8.80. The first kappa shape index (κ1) is 33.1. The molecular weight excluding hydrogens is 561 g/mol. The number of nitriles is 1. The molecule has 0 aromatic heterocycles. The van der Waals surface area contributed by atoms with Crippen LogP contribution in [0.25, 0.3) is 11.1 Å². The van der Waals surface area contributed by atoms with Gasteiger partial charge in [-0.15, -0.1) is 0 Å². The van der Waals surface area contributed by atoms with Gasteiger partial charge in [-0.3, -0.25) is 19.4 Å². The van der Waals surface area contributed by atoms with Crippen molar-refractivity contribution in [2.24, 2.45) is 4.99 Å². The van der Waals surface area contributed by atoms with Crippen LogP contribution >= 0.6 is 0 Å². The molecular formula is C27H29F3N6O6. The molecule has 1 aliphatic heterocycles. The lowest BCUT2D eigenvalue weighted by molar-refractivity contribution is -0.192. The van der Waals surface area contributed by atoms with Gasteiger partial charge in [-0.2, -0.15) is 18.4 Å². The second-order valence-electron chi connectivity index (χ2n) is 8.80. The fourth-order valence-electron chi connectivity index (χ4n) is 3.59. The van der Waals surface area contributed by atoms with Gasteiger partial charge in [0.05, 0.1) is 37.2 Å². The van der Waals surface area contributed by atoms with Gasteiger partial charge in [0.25, 0.3) is 0 Å². The topological polar surface area (TPSA) is 193 Å². The number of rotatable bonds is 11. The van der Waals surface area contributed by atoms with E-state index in [1.165, 1.54) is 0 Å². The van der Waals surface area contributed by atoms with E-state index in [1.807, 2.05) is 18.2 Å². The molecule has 224 valence electrons. The minimum atomic E-state index is -5.08. The molecule has 1 unspecified atom stereocenters. The number of guanidine groups is 1. The van der Waals surface area contributed by atoms with Gasteiger partial charge in [0, 0.05) is 19.5 Å². The molecule has 2 aromatic rings. The highest BCUT2D eigenvalue weighted by atomic mass is 19.4. The van der Waals surface area contributed by atoms with E-state index in [0.29, 0.717) is 24.1 Å². The highest BCUT2D eigenvalue weighted by Gasteiger charge is 2.38. The smallest absolute Gasteiger partial charge is 0.481 e. The van der Waals surface area contributed by atoms with E-state index in [1.54, 1.807) is 30.3 Å². The Morgan fingerprint density at radius 3 is 2.31 bits per heavy atom. The monoisotopic (exact) mass is 590 g/mol. The Hall–Kier alpha value is -5.13. The molecule has 0 bridgehead atoms. The first-order valence-corrected chi connectivity index (χ1v) is 12.6. The summed E-state index contributed by atoms with van der Waals surface area (Å²) in [6.45, 7) is 1.89. The largest absolute Gasteiger partial charge is 0.490 e. The maximum absolute atomic E-state index is 12.4. The number of carboxylic acids is 2. The lowest BCUT2D eigenvalue weighted by Gasteiger charge is -2.18. The summed E-state index contributed by atoms with van der Waals surface area (Å²) in [5.41, 5.74) is 2.89. The van der Waals surface area contributed by atoms with Gasteiger partial charge in [-0.1, -0.05) is 36.4 Å². The van der Waals surface area contributed by atoms with Gasteiger partial charge in [0.1, 0.15) is 0 Å². The van der Waals surface area contributed by atoms with Crippen molar-refractivity contribution in [2.45, 2.75) is 31.5 Å². The summed E-state index contributed by atoms with van der Waals surface area (Å²) in [4.78, 5) is 48.9. The van der Waals surface area contributed by atoms with Crippen molar-refractivity contribution >= 4 is 29.7 Å². The number of carbonyl (C=O) groups excluding carboxylic acids is 2. The van der Waals surface area contributed by atoms with Gasteiger partial charge >= 0.3 is 18.1 Å². The second kappa shape index (κ2) is 16.2. The van der Waals surface area contributed by atoms with Gasteiger partial charge in [-0.25, -0.2) is 4.79 Å². The SMILES string of the molecule is N#Cc1cccc(-c2ccc(C(CC(=O)O)NC(=O)CNC(=O)CCCNC3=NCCN3)cc2)c1.O=C(O)C(F)(F)F. The van der Waals surface area contributed by atoms with Crippen molar-refractivity contribution in [3.8, 4) is 17.2 Å². The van der Waals surface area contributed by atoms with E-state index in [9.17, 15) is 32.7 Å². The minimum Gasteiger partial charge on any atom is -0.481 e. The Labute approximate surface area is 238 Å². The van der Waals surface area contributed by atoms with E-state index in [-0.39, 0.29) is 25.3 Å². The maximum atomic E-state index is 12.4.